The van der Waals surface area contributed by atoms with Crippen molar-refractivity contribution in [1.82, 2.24) is 5.32 Å². The molecule has 0 aliphatic heterocycles. The maximum Gasteiger partial charge on any atom is 0.309 e. The molecule has 14 heavy (non-hydrogen) atoms. The Morgan fingerprint density at radius 3 is 2.64 bits per heavy atom. The van der Waals surface area contributed by atoms with Crippen LogP contribution in [-0.4, -0.2) is 37.2 Å². The molecule has 1 N–H and O–H groups in total. The van der Waals surface area contributed by atoms with Crippen molar-refractivity contribution < 1.29 is 9.53 Å². The molecule has 84 valence electrons. The van der Waals surface area contributed by atoms with Gasteiger partial charge < -0.3 is 10.1 Å². The average molecular weight is 219 g/mol. The number of nitrogens with one attached hydrogen (secondary N) is 1. The van der Waals surface area contributed by atoms with E-state index in [1.165, 1.54) is 7.11 Å². The Labute approximate surface area is 91.0 Å². The van der Waals surface area contributed by atoms with Gasteiger partial charge in [0.1, 0.15) is 0 Å². The zero-order valence-electron chi connectivity index (χ0n) is 9.50. The molecule has 0 fully saturated rings. The van der Waals surface area contributed by atoms with Gasteiger partial charge >= 0.3 is 5.97 Å². The molecule has 3 nitrogen and oxygen atoms in total. The van der Waals surface area contributed by atoms with Gasteiger partial charge in [0.25, 0.3) is 0 Å². The van der Waals surface area contributed by atoms with E-state index in [4.69, 9.17) is 0 Å². The minimum absolute atomic E-state index is 0.0610. The lowest BCUT2D eigenvalue weighted by Gasteiger charge is -2.15. The van der Waals surface area contributed by atoms with Crippen LogP contribution >= 0.6 is 11.8 Å². The van der Waals surface area contributed by atoms with Crippen LogP contribution in [0.3, 0.4) is 0 Å². The second kappa shape index (κ2) is 8.12. The molecule has 0 aromatic carbocycles. The third-order valence-electron chi connectivity index (χ3n) is 1.95. The number of carbonyl (C=O) groups excluding carboxylic acids is 1. The van der Waals surface area contributed by atoms with Crippen molar-refractivity contribution in [1.29, 1.82) is 0 Å². The van der Waals surface area contributed by atoms with Gasteiger partial charge in [0.15, 0.2) is 0 Å². The molecule has 0 rings (SSSR count). The first-order valence-corrected chi connectivity index (χ1v) is 6.16. The number of esters is 1. The Bertz CT molecular complexity index is 164. The summed E-state index contributed by atoms with van der Waals surface area (Å²) in [6.07, 6.45) is 0. The smallest absolute Gasteiger partial charge is 0.309 e. The molecule has 0 saturated heterocycles. The largest absolute Gasteiger partial charge is 0.469 e. The van der Waals surface area contributed by atoms with Gasteiger partial charge in [0.05, 0.1) is 13.0 Å². The van der Waals surface area contributed by atoms with E-state index in [-0.39, 0.29) is 11.9 Å². The van der Waals surface area contributed by atoms with Crippen molar-refractivity contribution >= 4 is 17.7 Å². The summed E-state index contributed by atoms with van der Waals surface area (Å²) in [5.41, 5.74) is 0. The number of hydrogen-bond donors (Lipinski definition) is 1. The minimum atomic E-state index is -0.146. The molecule has 0 saturated carbocycles. The molecule has 0 spiro atoms. The predicted octanol–water partition coefficient (Wildman–Crippen LogP) is 1.53. The summed E-state index contributed by atoms with van der Waals surface area (Å²) in [5.74, 6) is 2.02. The molecule has 0 bridgehead atoms. The number of ether oxygens (including phenoxy) is 1. The van der Waals surface area contributed by atoms with Crippen LogP contribution in [-0.2, 0) is 9.53 Å². The maximum absolute atomic E-state index is 11.1. The molecule has 0 aromatic heterocycles. The highest BCUT2D eigenvalue weighted by atomic mass is 32.2. The summed E-state index contributed by atoms with van der Waals surface area (Å²) in [5, 5.41) is 3.31. The van der Waals surface area contributed by atoms with Crippen LogP contribution in [0.15, 0.2) is 0 Å². The fourth-order valence-corrected chi connectivity index (χ4v) is 1.72. The van der Waals surface area contributed by atoms with E-state index < -0.39 is 0 Å². The van der Waals surface area contributed by atoms with E-state index in [0.29, 0.717) is 12.6 Å². The zero-order valence-corrected chi connectivity index (χ0v) is 10.3. The van der Waals surface area contributed by atoms with Gasteiger partial charge in [-0.25, -0.2) is 0 Å². The summed E-state index contributed by atoms with van der Waals surface area (Å²) in [6.45, 7) is 6.84. The van der Waals surface area contributed by atoms with Crippen molar-refractivity contribution in [2.24, 2.45) is 5.92 Å². The summed E-state index contributed by atoms with van der Waals surface area (Å²) >= 11 is 1.90. The van der Waals surface area contributed by atoms with Gasteiger partial charge in [-0.15, -0.1) is 0 Å². The van der Waals surface area contributed by atoms with Crippen molar-refractivity contribution in [2.45, 2.75) is 26.8 Å². The second-order valence-electron chi connectivity index (χ2n) is 3.39. The Morgan fingerprint density at radius 2 is 2.14 bits per heavy atom. The first-order chi connectivity index (χ1) is 6.61. The maximum atomic E-state index is 11.1. The lowest BCUT2D eigenvalue weighted by molar-refractivity contribution is -0.144. The van der Waals surface area contributed by atoms with E-state index in [9.17, 15) is 4.79 Å². The highest BCUT2D eigenvalue weighted by Gasteiger charge is 2.13. The first kappa shape index (κ1) is 13.8. The lowest BCUT2D eigenvalue weighted by atomic mass is 10.2. The second-order valence-corrected chi connectivity index (χ2v) is 4.71. The average Bonchev–Trinajstić information content (AvgIpc) is 2.21. The molecule has 0 radical (unpaired) electrons. The minimum Gasteiger partial charge on any atom is -0.469 e. The van der Waals surface area contributed by atoms with Crippen LogP contribution in [0.5, 0.6) is 0 Å². The zero-order chi connectivity index (χ0) is 11.0. The molecule has 0 heterocycles. The van der Waals surface area contributed by atoms with Crippen LogP contribution in [0.1, 0.15) is 20.8 Å². The molecule has 4 heteroatoms. The van der Waals surface area contributed by atoms with Crippen LogP contribution in [0.25, 0.3) is 0 Å². The molecule has 2 atom stereocenters. The van der Waals surface area contributed by atoms with Gasteiger partial charge in [-0.05, 0) is 12.7 Å². The van der Waals surface area contributed by atoms with Crippen LogP contribution in [0, 0.1) is 5.92 Å². The quantitative estimate of drug-likeness (QED) is 0.659. The van der Waals surface area contributed by atoms with Gasteiger partial charge in [-0.1, -0.05) is 13.8 Å². The summed E-state index contributed by atoms with van der Waals surface area (Å²) in [7, 11) is 1.43. The van der Waals surface area contributed by atoms with Crippen molar-refractivity contribution in [3.63, 3.8) is 0 Å². The van der Waals surface area contributed by atoms with Gasteiger partial charge in [-0.3, -0.25) is 4.79 Å². The van der Waals surface area contributed by atoms with E-state index >= 15 is 0 Å². The Morgan fingerprint density at radius 1 is 1.50 bits per heavy atom. The van der Waals surface area contributed by atoms with Crippen molar-refractivity contribution in [3.05, 3.63) is 0 Å². The third kappa shape index (κ3) is 6.27. The summed E-state index contributed by atoms with van der Waals surface area (Å²) < 4.78 is 4.64. The monoisotopic (exact) mass is 219 g/mol. The molecule has 0 aliphatic carbocycles. The highest BCUT2D eigenvalue weighted by molar-refractivity contribution is 7.99. The van der Waals surface area contributed by atoms with Gasteiger partial charge in [0.2, 0.25) is 0 Å². The number of hydrogen-bond acceptors (Lipinski definition) is 4. The topological polar surface area (TPSA) is 38.3 Å². The van der Waals surface area contributed by atoms with Crippen molar-refractivity contribution in [2.75, 3.05) is 25.2 Å². The lowest BCUT2D eigenvalue weighted by Crippen LogP contribution is -2.35. The third-order valence-corrected chi connectivity index (χ3v) is 3.09. The van der Waals surface area contributed by atoms with Crippen LogP contribution in [0.4, 0.5) is 0 Å². The fraction of sp³-hybridized carbons (Fsp3) is 0.900. The highest BCUT2D eigenvalue weighted by Crippen LogP contribution is 2.02. The molecular formula is C10H21NO2S. The predicted molar refractivity (Wildman–Crippen MR) is 61.6 cm³/mol. The van der Waals surface area contributed by atoms with Gasteiger partial charge in [-0.2, -0.15) is 11.8 Å². The van der Waals surface area contributed by atoms with Crippen molar-refractivity contribution in [3.8, 4) is 0 Å². The molecule has 2 unspecified atom stereocenters. The summed E-state index contributed by atoms with van der Waals surface area (Å²) in [6, 6.07) is 0.451. The molecule has 0 aliphatic rings. The fourth-order valence-electron chi connectivity index (χ4n) is 1.02. The molecule has 0 aromatic rings. The number of thioether (sulfide) groups is 1. The molecular weight excluding hydrogens is 198 g/mol. The Hall–Kier alpha value is -0.220. The molecule has 0 amide bonds. The number of rotatable bonds is 7. The Balaban J connectivity index is 3.55. The van der Waals surface area contributed by atoms with Crippen LogP contribution in [0.2, 0.25) is 0 Å². The first-order valence-electron chi connectivity index (χ1n) is 5.00. The number of carbonyl (C=O) groups is 1. The SMILES string of the molecule is CCSCC(C)NCC(C)C(=O)OC. The van der Waals surface area contributed by atoms with Crippen LogP contribution < -0.4 is 5.32 Å². The normalized spacial score (nSPS) is 14.9. The Kier molecular flexibility index (Phi) is 7.99. The summed E-state index contributed by atoms with van der Waals surface area (Å²) in [4.78, 5) is 11.1. The van der Waals surface area contributed by atoms with E-state index in [2.05, 4.69) is 23.9 Å². The van der Waals surface area contributed by atoms with E-state index in [0.717, 1.165) is 11.5 Å². The van der Waals surface area contributed by atoms with E-state index in [1.54, 1.807) is 0 Å². The number of methoxy groups -OCH3 is 1. The van der Waals surface area contributed by atoms with Gasteiger partial charge in [0, 0.05) is 18.3 Å². The standard InChI is InChI=1S/C10H21NO2S/c1-5-14-7-9(3)11-6-8(2)10(12)13-4/h8-9,11H,5-7H2,1-4H3. The van der Waals surface area contributed by atoms with E-state index in [1.807, 2.05) is 18.7 Å².